The summed E-state index contributed by atoms with van der Waals surface area (Å²) in [5, 5.41) is 13.9. The van der Waals surface area contributed by atoms with E-state index in [-0.39, 0.29) is 11.9 Å². The molecule has 9 heteroatoms. The van der Waals surface area contributed by atoms with Crippen LogP contribution in [0, 0.1) is 0 Å². The monoisotopic (exact) mass is 428 g/mol. The highest BCUT2D eigenvalue weighted by atomic mass is 16.2. The molecule has 162 valence electrons. The lowest BCUT2D eigenvalue weighted by Crippen LogP contribution is -2.40. The standard InChI is InChI=1S/C23H24N8O/c32-21(24-16-6-2-1-3-7-16)18-8-4-12-30(18)23-26-20-9-5-13-31(20)22(27-23)25-19-14-17(28-29-19)15-10-11-15/h1-3,5-7,9,13-15,18H,4,8,10-12H2,(H,24,32)(H2,25,26,27,28,29)/t18-/m0/s1. The average Bonchev–Trinajstić information content (AvgIpc) is 3.20. The Kier molecular flexibility index (Phi) is 4.52. The Balaban J connectivity index is 1.28. The molecule has 1 atom stereocenters. The van der Waals surface area contributed by atoms with E-state index >= 15 is 0 Å². The molecule has 4 heterocycles. The smallest absolute Gasteiger partial charge is 0.247 e. The van der Waals surface area contributed by atoms with Gasteiger partial charge in [0.15, 0.2) is 5.82 Å². The molecule has 4 aromatic rings. The Morgan fingerprint density at radius 2 is 1.94 bits per heavy atom. The number of nitrogens with zero attached hydrogens (tertiary/aromatic N) is 5. The van der Waals surface area contributed by atoms with E-state index in [1.54, 1.807) is 0 Å². The van der Waals surface area contributed by atoms with Gasteiger partial charge in [-0.15, -0.1) is 0 Å². The van der Waals surface area contributed by atoms with Crippen molar-refractivity contribution in [2.24, 2.45) is 0 Å². The first-order valence-electron chi connectivity index (χ1n) is 11.0. The molecule has 9 nitrogen and oxygen atoms in total. The van der Waals surface area contributed by atoms with E-state index in [0.29, 0.717) is 17.8 Å². The number of amides is 1. The molecule has 0 bridgehead atoms. The molecular formula is C23H24N8O. The van der Waals surface area contributed by atoms with Crippen molar-refractivity contribution in [3.8, 4) is 0 Å². The first-order chi connectivity index (χ1) is 15.7. The molecule has 6 rings (SSSR count). The molecule has 2 aliphatic rings. The first kappa shape index (κ1) is 18.9. The molecule has 2 fully saturated rings. The van der Waals surface area contributed by atoms with Crippen molar-refractivity contribution in [1.82, 2.24) is 24.6 Å². The van der Waals surface area contributed by atoms with Crippen LogP contribution in [0.3, 0.4) is 0 Å². The lowest BCUT2D eigenvalue weighted by atomic mass is 10.2. The number of H-pyrrole nitrogens is 1. The summed E-state index contributed by atoms with van der Waals surface area (Å²) < 4.78 is 1.89. The predicted molar refractivity (Wildman–Crippen MR) is 122 cm³/mol. The summed E-state index contributed by atoms with van der Waals surface area (Å²) >= 11 is 0. The number of anilines is 4. The van der Waals surface area contributed by atoms with E-state index < -0.39 is 0 Å². The number of hydrogen-bond acceptors (Lipinski definition) is 6. The largest absolute Gasteiger partial charge is 0.329 e. The molecule has 0 radical (unpaired) electrons. The number of rotatable bonds is 6. The van der Waals surface area contributed by atoms with E-state index in [4.69, 9.17) is 9.97 Å². The third-order valence-corrected chi connectivity index (χ3v) is 6.08. The molecular weight excluding hydrogens is 404 g/mol. The Bertz CT molecular complexity index is 1260. The minimum absolute atomic E-state index is 0.0385. The Labute approximate surface area is 184 Å². The molecule has 3 aromatic heterocycles. The fraction of sp³-hybridized carbons (Fsp3) is 0.304. The summed E-state index contributed by atoms with van der Waals surface area (Å²) in [5.41, 5.74) is 2.71. The summed E-state index contributed by atoms with van der Waals surface area (Å²) in [7, 11) is 0. The summed E-state index contributed by atoms with van der Waals surface area (Å²) in [5.74, 6) is 2.45. The molecule has 0 spiro atoms. The van der Waals surface area contributed by atoms with Crippen LogP contribution in [0.5, 0.6) is 0 Å². The van der Waals surface area contributed by atoms with Crippen LogP contribution in [0.4, 0.5) is 23.4 Å². The van der Waals surface area contributed by atoms with Gasteiger partial charge in [-0.3, -0.25) is 14.3 Å². The summed E-state index contributed by atoms with van der Waals surface area (Å²) in [6, 6.07) is 15.1. The zero-order chi connectivity index (χ0) is 21.5. The number of carbonyl (C=O) groups is 1. The van der Waals surface area contributed by atoms with Gasteiger partial charge in [0.2, 0.25) is 17.8 Å². The van der Waals surface area contributed by atoms with Crippen LogP contribution in [-0.4, -0.2) is 43.1 Å². The maximum Gasteiger partial charge on any atom is 0.247 e. The second-order valence-corrected chi connectivity index (χ2v) is 8.40. The molecule has 1 aliphatic heterocycles. The van der Waals surface area contributed by atoms with E-state index in [1.165, 1.54) is 12.8 Å². The van der Waals surface area contributed by atoms with Gasteiger partial charge in [0, 0.05) is 36.1 Å². The average molecular weight is 429 g/mol. The number of para-hydroxylation sites is 1. The van der Waals surface area contributed by atoms with Gasteiger partial charge in [-0.1, -0.05) is 18.2 Å². The summed E-state index contributed by atoms with van der Waals surface area (Å²) in [4.78, 5) is 24.5. The van der Waals surface area contributed by atoms with Crippen molar-refractivity contribution >= 4 is 35.0 Å². The zero-order valence-corrected chi connectivity index (χ0v) is 17.5. The van der Waals surface area contributed by atoms with Crippen LogP contribution in [0.15, 0.2) is 54.7 Å². The summed E-state index contributed by atoms with van der Waals surface area (Å²) in [6.45, 7) is 0.734. The number of benzene rings is 1. The fourth-order valence-electron chi connectivity index (χ4n) is 4.28. The van der Waals surface area contributed by atoms with Crippen molar-refractivity contribution in [3.63, 3.8) is 0 Å². The maximum absolute atomic E-state index is 13.0. The number of hydrogen-bond donors (Lipinski definition) is 3. The third kappa shape index (κ3) is 3.55. The van der Waals surface area contributed by atoms with Gasteiger partial charge < -0.3 is 15.5 Å². The number of aromatic nitrogens is 5. The van der Waals surface area contributed by atoms with Gasteiger partial charge in [-0.25, -0.2) is 0 Å². The topological polar surface area (TPSA) is 103 Å². The molecule has 1 amide bonds. The predicted octanol–water partition coefficient (Wildman–Crippen LogP) is 3.68. The van der Waals surface area contributed by atoms with Crippen molar-refractivity contribution in [1.29, 1.82) is 0 Å². The van der Waals surface area contributed by atoms with Crippen LogP contribution in [0.2, 0.25) is 0 Å². The SMILES string of the molecule is O=C(Nc1ccccc1)[C@@H]1CCCN1c1nc(Nc2cc(C3CC3)[nH]n2)n2cccc2n1. The van der Waals surface area contributed by atoms with E-state index in [2.05, 4.69) is 20.8 Å². The number of fused-ring (bicyclic) bond motifs is 1. The van der Waals surface area contributed by atoms with Gasteiger partial charge in [0.1, 0.15) is 11.7 Å². The minimum atomic E-state index is -0.313. The highest BCUT2D eigenvalue weighted by Crippen LogP contribution is 2.39. The summed E-state index contributed by atoms with van der Waals surface area (Å²) in [6.07, 6.45) is 6.01. The van der Waals surface area contributed by atoms with E-state index in [9.17, 15) is 4.79 Å². The maximum atomic E-state index is 13.0. The molecule has 3 N–H and O–H groups in total. The lowest BCUT2D eigenvalue weighted by Gasteiger charge is -2.24. The second-order valence-electron chi connectivity index (χ2n) is 8.40. The van der Waals surface area contributed by atoms with E-state index in [0.717, 1.165) is 42.2 Å². The highest BCUT2D eigenvalue weighted by molar-refractivity contribution is 5.97. The minimum Gasteiger partial charge on any atom is -0.329 e. The number of carbonyl (C=O) groups excluding carboxylic acids is 1. The van der Waals surface area contributed by atoms with Crippen LogP contribution in [0.25, 0.3) is 5.65 Å². The third-order valence-electron chi connectivity index (χ3n) is 6.08. The van der Waals surface area contributed by atoms with Crippen LogP contribution < -0.4 is 15.5 Å². The molecule has 1 aliphatic carbocycles. The van der Waals surface area contributed by atoms with Crippen molar-refractivity contribution in [3.05, 3.63) is 60.4 Å². The van der Waals surface area contributed by atoms with Crippen molar-refractivity contribution in [2.45, 2.75) is 37.6 Å². The van der Waals surface area contributed by atoms with Gasteiger partial charge in [-0.2, -0.15) is 15.1 Å². The van der Waals surface area contributed by atoms with Crippen LogP contribution in [0.1, 0.15) is 37.3 Å². The number of aromatic amines is 1. The normalized spacial score (nSPS) is 18.2. The molecule has 1 saturated heterocycles. The number of nitrogens with one attached hydrogen (secondary N) is 3. The molecule has 1 saturated carbocycles. The van der Waals surface area contributed by atoms with Crippen LogP contribution in [-0.2, 0) is 4.79 Å². The Morgan fingerprint density at radius 3 is 2.78 bits per heavy atom. The molecule has 1 aromatic carbocycles. The molecule has 0 unspecified atom stereocenters. The van der Waals surface area contributed by atoms with Gasteiger partial charge >= 0.3 is 0 Å². The lowest BCUT2D eigenvalue weighted by molar-refractivity contribution is -0.117. The van der Waals surface area contributed by atoms with Crippen molar-refractivity contribution in [2.75, 3.05) is 22.1 Å². The van der Waals surface area contributed by atoms with E-state index in [1.807, 2.05) is 64.0 Å². The Hall–Kier alpha value is -3.88. The molecule has 32 heavy (non-hydrogen) atoms. The van der Waals surface area contributed by atoms with Gasteiger partial charge in [0.25, 0.3) is 0 Å². The Morgan fingerprint density at radius 1 is 1.06 bits per heavy atom. The zero-order valence-electron chi connectivity index (χ0n) is 17.5. The fourth-order valence-corrected chi connectivity index (χ4v) is 4.28. The highest BCUT2D eigenvalue weighted by Gasteiger charge is 2.33. The first-order valence-corrected chi connectivity index (χ1v) is 11.0. The van der Waals surface area contributed by atoms with Gasteiger partial charge in [-0.05, 0) is 49.9 Å². The quantitative estimate of drug-likeness (QED) is 0.433. The van der Waals surface area contributed by atoms with Crippen molar-refractivity contribution < 1.29 is 4.79 Å². The van der Waals surface area contributed by atoms with Gasteiger partial charge in [0.05, 0.1) is 0 Å². The second kappa shape index (κ2) is 7.67. The van der Waals surface area contributed by atoms with Crippen LogP contribution >= 0.6 is 0 Å².